The van der Waals surface area contributed by atoms with E-state index in [4.69, 9.17) is 11.6 Å². The van der Waals surface area contributed by atoms with Gasteiger partial charge in [0.2, 0.25) is 0 Å². The molecule has 2 N–H and O–H groups in total. The van der Waals surface area contributed by atoms with Crippen molar-refractivity contribution >= 4 is 34.7 Å². The molecule has 0 saturated heterocycles. The van der Waals surface area contributed by atoms with Gasteiger partial charge in [-0.2, -0.15) is 0 Å². The predicted octanol–water partition coefficient (Wildman–Crippen LogP) is 3.16. The van der Waals surface area contributed by atoms with E-state index in [1.807, 2.05) is 19.2 Å². The number of nitrogens with one attached hydrogen (secondary N) is 2. The number of hydrogen-bond donors (Lipinski definition) is 2. The molecule has 2 aromatic heterocycles. The van der Waals surface area contributed by atoms with Crippen molar-refractivity contribution in [2.45, 2.75) is 19.8 Å². The van der Waals surface area contributed by atoms with Crippen LogP contribution in [0.15, 0.2) is 23.7 Å². The van der Waals surface area contributed by atoms with Crippen molar-refractivity contribution in [1.29, 1.82) is 0 Å². The number of hydrogen-bond acceptors (Lipinski definition) is 5. The Morgan fingerprint density at radius 3 is 2.95 bits per heavy atom. The summed E-state index contributed by atoms with van der Waals surface area (Å²) in [5.74, 6) is 0.521. The van der Waals surface area contributed by atoms with Crippen LogP contribution in [0.25, 0.3) is 0 Å². The molecule has 0 saturated carbocycles. The van der Waals surface area contributed by atoms with Crippen LogP contribution in [0.5, 0.6) is 0 Å². The topological polar surface area (TPSA) is 66.9 Å². The van der Waals surface area contributed by atoms with Crippen LogP contribution in [0.4, 0.5) is 5.82 Å². The first-order valence-corrected chi connectivity index (χ1v) is 7.95. The molecule has 2 rings (SSSR count). The van der Waals surface area contributed by atoms with Gasteiger partial charge in [-0.1, -0.05) is 18.5 Å². The molecule has 0 bridgehead atoms. The molecule has 0 aliphatic rings. The third-order valence-electron chi connectivity index (χ3n) is 2.86. The number of nitrogens with zero attached hydrogens (tertiary/aromatic N) is 2. The molecule has 2 aromatic rings. The maximum atomic E-state index is 12.2. The molecule has 112 valence electrons. The van der Waals surface area contributed by atoms with E-state index in [9.17, 15) is 4.79 Å². The van der Waals surface area contributed by atoms with Crippen LogP contribution >= 0.6 is 22.9 Å². The van der Waals surface area contributed by atoms with Gasteiger partial charge >= 0.3 is 0 Å². The van der Waals surface area contributed by atoms with Gasteiger partial charge in [0.1, 0.15) is 11.5 Å². The number of amides is 1. The first-order valence-electron chi connectivity index (χ1n) is 6.69. The minimum atomic E-state index is -0.275. The second-order valence-corrected chi connectivity index (χ2v) is 5.87. The van der Waals surface area contributed by atoms with Crippen LogP contribution in [0.2, 0.25) is 5.02 Å². The van der Waals surface area contributed by atoms with Gasteiger partial charge in [0.15, 0.2) is 0 Å². The summed E-state index contributed by atoms with van der Waals surface area (Å²) in [5.41, 5.74) is 0.237. The number of aromatic nitrogens is 2. The highest BCUT2D eigenvalue weighted by molar-refractivity contribution is 7.09. The van der Waals surface area contributed by atoms with E-state index in [1.54, 1.807) is 29.7 Å². The first kappa shape index (κ1) is 15.7. The summed E-state index contributed by atoms with van der Waals surface area (Å²) < 4.78 is 0. The SMILES string of the molecule is CCNc1ccc(Cl)c(C(=O)NCC(C)c2nccs2)n1. The molecule has 0 spiro atoms. The summed E-state index contributed by atoms with van der Waals surface area (Å²) in [6.45, 7) is 5.21. The number of rotatable bonds is 6. The fourth-order valence-electron chi connectivity index (χ4n) is 1.78. The Morgan fingerprint density at radius 2 is 2.29 bits per heavy atom. The Morgan fingerprint density at radius 1 is 1.48 bits per heavy atom. The minimum Gasteiger partial charge on any atom is -0.370 e. The second-order valence-electron chi connectivity index (χ2n) is 4.54. The maximum Gasteiger partial charge on any atom is 0.271 e. The lowest BCUT2D eigenvalue weighted by atomic mass is 10.2. The highest BCUT2D eigenvalue weighted by Gasteiger charge is 2.15. The van der Waals surface area contributed by atoms with Gasteiger partial charge in [-0.25, -0.2) is 9.97 Å². The molecule has 0 radical (unpaired) electrons. The Hall–Kier alpha value is -1.66. The van der Waals surface area contributed by atoms with Crippen LogP contribution in [-0.4, -0.2) is 29.0 Å². The summed E-state index contributed by atoms with van der Waals surface area (Å²) in [4.78, 5) is 20.7. The molecular weight excluding hydrogens is 308 g/mol. The number of halogens is 1. The zero-order valence-electron chi connectivity index (χ0n) is 11.9. The van der Waals surface area contributed by atoms with Crippen molar-refractivity contribution in [3.8, 4) is 0 Å². The number of pyridine rings is 1. The largest absolute Gasteiger partial charge is 0.370 e. The molecule has 21 heavy (non-hydrogen) atoms. The number of carbonyl (C=O) groups is 1. The Bertz CT molecular complexity index is 603. The monoisotopic (exact) mass is 324 g/mol. The van der Waals surface area contributed by atoms with Crippen LogP contribution in [-0.2, 0) is 0 Å². The lowest BCUT2D eigenvalue weighted by Crippen LogP contribution is -2.28. The molecule has 1 atom stereocenters. The van der Waals surface area contributed by atoms with Crippen molar-refractivity contribution in [3.63, 3.8) is 0 Å². The van der Waals surface area contributed by atoms with Crippen molar-refractivity contribution in [2.75, 3.05) is 18.4 Å². The van der Waals surface area contributed by atoms with Gasteiger partial charge in [-0.3, -0.25) is 4.79 Å². The van der Waals surface area contributed by atoms with Crippen molar-refractivity contribution < 1.29 is 4.79 Å². The lowest BCUT2D eigenvalue weighted by Gasteiger charge is -2.11. The molecular formula is C14H17ClN4OS. The quantitative estimate of drug-likeness (QED) is 0.856. The van der Waals surface area contributed by atoms with E-state index in [-0.39, 0.29) is 17.5 Å². The van der Waals surface area contributed by atoms with E-state index < -0.39 is 0 Å². The molecule has 0 aliphatic carbocycles. The van der Waals surface area contributed by atoms with E-state index in [0.29, 0.717) is 17.4 Å². The third kappa shape index (κ3) is 4.15. The standard InChI is InChI=1S/C14H17ClN4OS/c1-3-16-11-5-4-10(15)12(19-11)13(20)18-8-9(2)14-17-6-7-21-14/h4-7,9H,3,8H2,1-2H3,(H,16,19)(H,18,20). The van der Waals surface area contributed by atoms with Crippen LogP contribution < -0.4 is 10.6 Å². The third-order valence-corrected chi connectivity index (χ3v) is 4.17. The van der Waals surface area contributed by atoms with Gasteiger partial charge in [0.05, 0.1) is 10.0 Å². The summed E-state index contributed by atoms with van der Waals surface area (Å²) in [7, 11) is 0. The number of carbonyl (C=O) groups excluding carboxylic acids is 1. The molecule has 7 heteroatoms. The Kier molecular flexibility index (Phi) is 5.52. The van der Waals surface area contributed by atoms with Gasteiger partial charge in [0, 0.05) is 30.6 Å². The molecule has 0 aliphatic heterocycles. The van der Waals surface area contributed by atoms with Gasteiger partial charge in [-0.05, 0) is 19.1 Å². The molecule has 1 amide bonds. The van der Waals surface area contributed by atoms with Crippen molar-refractivity contribution in [1.82, 2.24) is 15.3 Å². The van der Waals surface area contributed by atoms with E-state index in [1.165, 1.54) is 0 Å². The first-order chi connectivity index (χ1) is 10.1. The van der Waals surface area contributed by atoms with Gasteiger partial charge in [0.25, 0.3) is 5.91 Å². The van der Waals surface area contributed by atoms with E-state index >= 15 is 0 Å². The zero-order valence-corrected chi connectivity index (χ0v) is 13.5. The number of thiazole rings is 1. The average Bonchev–Trinajstić information content (AvgIpc) is 3.01. The molecule has 5 nitrogen and oxygen atoms in total. The minimum absolute atomic E-state index is 0.157. The molecule has 2 heterocycles. The van der Waals surface area contributed by atoms with Crippen LogP contribution in [0, 0.1) is 0 Å². The molecule has 0 aromatic carbocycles. The lowest BCUT2D eigenvalue weighted by molar-refractivity contribution is 0.0947. The fraction of sp³-hybridized carbons (Fsp3) is 0.357. The summed E-state index contributed by atoms with van der Waals surface area (Å²) in [6, 6.07) is 3.42. The van der Waals surface area contributed by atoms with E-state index in [2.05, 4.69) is 20.6 Å². The summed E-state index contributed by atoms with van der Waals surface area (Å²) in [5, 5.41) is 9.17. The Balaban J connectivity index is 2.01. The number of anilines is 1. The van der Waals surface area contributed by atoms with Gasteiger partial charge < -0.3 is 10.6 Å². The average molecular weight is 325 g/mol. The highest BCUT2D eigenvalue weighted by Crippen LogP contribution is 2.18. The summed E-state index contributed by atoms with van der Waals surface area (Å²) in [6.07, 6.45) is 1.76. The second kappa shape index (κ2) is 7.38. The predicted molar refractivity (Wildman–Crippen MR) is 86.3 cm³/mol. The van der Waals surface area contributed by atoms with Crippen molar-refractivity contribution in [2.24, 2.45) is 0 Å². The van der Waals surface area contributed by atoms with Crippen molar-refractivity contribution in [3.05, 3.63) is 39.4 Å². The zero-order chi connectivity index (χ0) is 15.2. The van der Waals surface area contributed by atoms with Crippen LogP contribution in [0.1, 0.15) is 35.3 Å². The van der Waals surface area contributed by atoms with E-state index in [0.717, 1.165) is 11.6 Å². The normalized spacial score (nSPS) is 12.0. The highest BCUT2D eigenvalue weighted by atomic mass is 35.5. The smallest absolute Gasteiger partial charge is 0.271 e. The summed E-state index contributed by atoms with van der Waals surface area (Å²) >= 11 is 7.62. The maximum absolute atomic E-state index is 12.2. The van der Waals surface area contributed by atoms with Crippen LogP contribution in [0.3, 0.4) is 0 Å². The Labute approximate surface area is 132 Å². The van der Waals surface area contributed by atoms with Gasteiger partial charge in [-0.15, -0.1) is 11.3 Å². The molecule has 0 fully saturated rings. The molecule has 1 unspecified atom stereocenters. The fourth-order valence-corrected chi connectivity index (χ4v) is 2.67.